The van der Waals surface area contributed by atoms with Crippen LogP contribution in [0.25, 0.3) is 0 Å². The molecule has 1 atom stereocenters. The summed E-state index contributed by atoms with van der Waals surface area (Å²) in [6.07, 6.45) is 0.601. The van der Waals surface area contributed by atoms with Crippen LogP contribution in [-0.2, 0) is 9.59 Å². The molecule has 2 aliphatic rings. The van der Waals surface area contributed by atoms with E-state index in [9.17, 15) is 14.7 Å². The molecule has 3 rings (SSSR count). The first kappa shape index (κ1) is 10.9. The topological polar surface area (TPSA) is 57.6 Å². The van der Waals surface area contributed by atoms with Gasteiger partial charge >= 0.3 is 5.97 Å². The van der Waals surface area contributed by atoms with E-state index in [4.69, 9.17) is 11.6 Å². The molecular weight excluding hydrogens is 262 g/mol. The van der Waals surface area contributed by atoms with Gasteiger partial charge in [-0.2, -0.15) is 0 Å². The highest BCUT2D eigenvalue weighted by Gasteiger charge is 2.57. The van der Waals surface area contributed by atoms with Gasteiger partial charge in [-0.05, 0) is 18.2 Å². The van der Waals surface area contributed by atoms with Crippen molar-refractivity contribution in [1.29, 1.82) is 0 Å². The molecule has 17 heavy (non-hydrogen) atoms. The summed E-state index contributed by atoms with van der Waals surface area (Å²) < 4.78 is 0. The highest BCUT2D eigenvalue weighted by molar-refractivity contribution is 8.02. The van der Waals surface area contributed by atoms with Gasteiger partial charge < -0.3 is 5.11 Å². The lowest BCUT2D eigenvalue weighted by Gasteiger charge is -2.26. The number of thioether (sulfide) groups is 1. The molecule has 1 saturated heterocycles. The van der Waals surface area contributed by atoms with E-state index in [-0.39, 0.29) is 12.3 Å². The van der Waals surface area contributed by atoms with E-state index < -0.39 is 10.8 Å². The predicted octanol–water partition coefficient (Wildman–Crippen LogP) is 2.35. The zero-order chi connectivity index (χ0) is 12.2. The largest absolute Gasteiger partial charge is 0.479 e. The first-order valence-electron chi connectivity index (χ1n) is 5.10. The van der Waals surface area contributed by atoms with Crippen LogP contribution in [0.3, 0.4) is 0 Å². The van der Waals surface area contributed by atoms with Crippen LogP contribution in [-0.4, -0.2) is 21.9 Å². The normalized spacial score (nSPS) is 25.9. The molecule has 0 aliphatic carbocycles. The molecule has 1 aromatic carbocycles. The number of carboxylic acids is 1. The summed E-state index contributed by atoms with van der Waals surface area (Å²) in [5.74, 6) is -1.12. The minimum Gasteiger partial charge on any atom is -0.479 e. The Bertz CT molecular complexity index is 548. The summed E-state index contributed by atoms with van der Waals surface area (Å²) in [7, 11) is 0. The number of hydrogen-bond acceptors (Lipinski definition) is 3. The van der Waals surface area contributed by atoms with E-state index in [2.05, 4.69) is 0 Å². The second-order valence-electron chi connectivity index (χ2n) is 4.03. The molecule has 6 heteroatoms. The van der Waals surface area contributed by atoms with E-state index >= 15 is 0 Å². The van der Waals surface area contributed by atoms with Crippen LogP contribution in [0.1, 0.15) is 12.8 Å². The molecule has 88 valence electrons. The van der Waals surface area contributed by atoms with Gasteiger partial charge in [0.15, 0.2) is 4.87 Å². The van der Waals surface area contributed by atoms with Crippen LogP contribution in [0.4, 0.5) is 5.69 Å². The van der Waals surface area contributed by atoms with E-state index in [1.165, 1.54) is 16.7 Å². The van der Waals surface area contributed by atoms with Gasteiger partial charge in [0.2, 0.25) is 5.91 Å². The van der Waals surface area contributed by atoms with Crippen LogP contribution in [0.2, 0.25) is 5.02 Å². The molecule has 1 aromatic rings. The van der Waals surface area contributed by atoms with Crippen LogP contribution < -0.4 is 4.90 Å². The second-order valence-corrected chi connectivity index (χ2v) is 5.79. The maximum atomic E-state index is 11.8. The SMILES string of the molecule is O=C1CCC2(C(=O)O)Sc3ccc(Cl)cc3N12. The standard InChI is InChI=1S/C11H8ClNO3S/c12-6-1-2-8-7(5-6)13-9(14)3-4-11(13,17-8)10(15)16/h1-2,5H,3-4H2,(H,15,16). The van der Waals surface area contributed by atoms with Gasteiger partial charge in [0.05, 0.1) is 5.69 Å². The van der Waals surface area contributed by atoms with Gasteiger partial charge in [-0.15, -0.1) is 0 Å². The molecule has 0 spiro atoms. The first-order valence-corrected chi connectivity index (χ1v) is 6.29. The van der Waals surface area contributed by atoms with Crippen LogP contribution in [0.5, 0.6) is 0 Å². The van der Waals surface area contributed by atoms with Crippen LogP contribution in [0, 0.1) is 0 Å². The second kappa shape index (κ2) is 3.40. The Kier molecular flexibility index (Phi) is 2.18. The lowest BCUT2D eigenvalue weighted by molar-refractivity contribution is -0.140. The van der Waals surface area contributed by atoms with Crippen molar-refractivity contribution in [3.8, 4) is 0 Å². The number of nitrogens with zero attached hydrogens (tertiary/aromatic N) is 1. The number of halogens is 1. The number of aliphatic carboxylic acids is 1. The Hall–Kier alpha value is -1.20. The number of carbonyl (C=O) groups excluding carboxylic acids is 1. The quantitative estimate of drug-likeness (QED) is 0.850. The number of carbonyl (C=O) groups is 2. The average Bonchev–Trinajstić information content (AvgIpc) is 2.76. The maximum Gasteiger partial charge on any atom is 0.341 e. The molecule has 2 aliphatic heterocycles. The summed E-state index contributed by atoms with van der Waals surface area (Å²) >= 11 is 7.11. The van der Waals surface area contributed by atoms with Gasteiger partial charge in [-0.3, -0.25) is 9.69 Å². The number of anilines is 1. The van der Waals surface area contributed by atoms with Crippen molar-refractivity contribution >= 4 is 40.9 Å². The first-order chi connectivity index (χ1) is 8.04. The number of rotatable bonds is 1. The number of fused-ring (bicyclic) bond motifs is 3. The van der Waals surface area contributed by atoms with Gasteiger partial charge in [0.25, 0.3) is 0 Å². The Morgan fingerprint density at radius 3 is 3.00 bits per heavy atom. The van der Waals surface area contributed by atoms with E-state index in [1.807, 2.05) is 0 Å². The lowest BCUT2D eigenvalue weighted by Crippen LogP contribution is -2.46. The molecular formula is C11H8ClNO3S. The van der Waals surface area contributed by atoms with Crippen molar-refractivity contribution in [3.05, 3.63) is 23.2 Å². The lowest BCUT2D eigenvalue weighted by atomic mass is 10.2. The predicted molar refractivity (Wildman–Crippen MR) is 64.4 cm³/mol. The monoisotopic (exact) mass is 269 g/mol. The minimum atomic E-state index is -1.16. The van der Waals surface area contributed by atoms with Gasteiger partial charge in [0.1, 0.15) is 0 Å². The molecule has 0 bridgehead atoms. The van der Waals surface area contributed by atoms with Crippen LogP contribution in [0.15, 0.2) is 23.1 Å². The fourth-order valence-electron chi connectivity index (χ4n) is 2.31. The minimum absolute atomic E-state index is 0.152. The Balaban J connectivity index is 2.20. The van der Waals surface area contributed by atoms with Gasteiger partial charge in [-0.1, -0.05) is 23.4 Å². The Labute approximate surface area is 107 Å². The molecule has 2 heterocycles. The van der Waals surface area contributed by atoms with Crippen LogP contribution >= 0.6 is 23.4 Å². The van der Waals surface area contributed by atoms with Crippen molar-refractivity contribution in [1.82, 2.24) is 0 Å². The fourth-order valence-corrected chi connectivity index (χ4v) is 3.81. The van der Waals surface area contributed by atoms with E-state index in [1.54, 1.807) is 18.2 Å². The maximum absolute atomic E-state index is 11.8. The van der Waals surface area contributed by atoms with Crippen molar-refractivity contribution in [3.63, 3.8) is 0 Å². The van der Waals surface area contributed by atoms with Crippen molar-refractivity contribution in [2.24, 2.45) is 0 Å². The average molecular weight is 270 g/mol. The van der Waals surface area contributed by atoms with Gasteiger partial charge in [-0.25, -0.2) is 4.79 Å². The van der Waals surface area contributed by atoms with Gasteiger partial charge in [0, 0.05) is 22.8 Å². The summed E-state index contributed by atoms with van der Waals surface area (Å²) in [6, 6.07) is 5.12. The smallest absolute Gasteiger partial charge is 0.341 e. The number of hydrogen-bond donors (Lipinski definition) is 1. The summed E-state index contributed by atoms with van der Waals surface area (Å²) in [5, 5.41) is 9.89. The molecule has 1 fully saturated rings. The highest BCUT2D eigenvalue weighted by atomic mass is 35.5. The number of benzene rings is 1. The molecule has 0 radical (unpaired) electrons. The molecule has 1 amide bonds. The van der Waals surface area contributed by atoms with E-state index in [0.29, 0.717) is 17.1 Å². The zero-order valence-electron chi connectivity index (χ0n) is 8.64. The van der Waals surface area contributed by atoms with Crippen molar-refractivity contribution in [2.75, 3.05) is 4.90 Å². The van der Waals surface area contributed by atoms with Crippen molar-refractivity contribution in [2.45, 2.75) is 22.6 Å². The fraction of sp³-hybridized carbons (Fsp3) is 0.273. The summed E-state index contributed by atoms with van der Waals surface area (Å²) in [5.41, 5.74) is 0.618. The number of carboxylic acid groups (broad SMARTS) is 1. The third-order valence-corrected chi connectivity index (χ3v) is 4.76. The molecule has 1 N–H and O–H groups in total. The zero-order valence-corrected chi connectivity index (χ0v) is 10.2. The molecule has 0 aromatic heterocycles. The summed E-state index contributed by atoms with van der Waals surface area (Å²) in [6.45, 7) is 0. The summed E-state index contributed by atoms with van der Waals surface area (Å²) in [4.78, 5) is 24.3. The van der Waals surface area contributed by atoms with E-state index in [0.717, 1.165) is 4.90 Å². The van der Waals surface area contributed by atoms with Crippen molar-refractivity contribution < 1.29 is 14.7 Å². The third kappa shape index (κ3) is 1.32. The highest BCUT2D eigenvalue weighted by Crippen LogP contribution is 2.56. The molecule has 1 unspecified atom stereocenters. The Morgan fingerprint density at radius 2 is 2.29 bits per heavy atom. The Morgan fingerprint density at radius 1 is 1.53 bits per heavy atom. The molecule has 4 nitrogen and oxygen atoms in total. The third-order valence-electron chi connectivity index (χ3n) is 3.06. The number of amides is 1. The molecule has 0 saturated carbocycles.